The van der Waals surface area contributed by atoms with Crippen LogP contribution >= 0.6 is 0 Å². The summed E-state index contributed by atoms with van der Waals surface area (Å²) in [5.74, 6) is 0.237. The number of benzene rings is 1. The zero-order valence-electron chi connectivity index (χ0n) is 16.6. The molecule has 1 aromatic heterocycles. The first-order valence-electron chi connectivity index (χ1n) is 10.1. The van der Waals surface area contributed by atoms with E-state index in [0.717, 1.165) is 12.8 Å². The number of amides is 1. The van der Waals surface area contributed by atoms with Crippen LogP contribution in [0.3, 0.4) is 0 Å². The number of aromatic nitrogens is 1. The van der Waals surface area contributed by atoms with Crippen LogP contribution in [0.5, 0.6) is 11.5 Å². The van der Waals surface area contributed by atoms with E-state index in [1.165, 1.54) is 11.0 Å². The molecular weight excluding hydrogens is 387 g/mol. The third-order valence-corrected chi connectivity index (χ3v) is 6.35. The van der Waals surface area contributed by atoms with Gasteiger partial charge in [0.2, 0.25) is 5.91 Å². The van der Waals surface area contributed by atoms with Gasteiger partial charge < -0.3 is 14.8 Å². The van der Waals surface area contributed by atoms with Gasteiger partial charge in [0.15, 0.2) is 5.96 Å². The van der Waals surface area contributed by atoms with Gasteiger partial charge in [-0.05, 0) is 55.5 Å². The number of ether oxygens (including phenoxy) is 2. The van der Waals surface area contributed by atoms with E-state index in [1.54, 1.807) is 43.7 Å². The van der Waals surface area contributed by atoms with Crippen LogP contribution in [0, 0.1) is 23.1 Å². The van der Waals surface area contributed by atoms with E-state index >= 15 is 4.39 Å². The molecule has 0 radical (unpaired) electrons. The first-order chi connectivity index (χ1) is 14.5. The number of pyridine rings is 1. The Morgan fingerprint density at radius 2 is 2.03 bits per heavy atom. The summed E-state index contributed by atoms with van der Waals surface area (Å²) >= 11 is 0. The highest BCUT2D eigenvalue weighted by Gasteiger charge is 2.56. The predicted octanol–water partition coefficient (Wildman–Crippen LogP) is 3.02. The molecule has 0 spiro atoms. The van der Waals surface area contributed by atoms with Gasteiger partial charge in [0.25, 0.3) is 0 Å². The van der Waals surface area contributed by atoms with Gasteiger partial charge in [-0.3, -0.25) is 20.1 Å². The van der Waals surface area contributed by atoms with Crippen LogP contribution in [-0.4, -0.2) is 41.5 Å². The molecule has 2 aromatic rings. The van der Waals surface area contributed by atoms with Gasteiger partial charge in [-0.1, -0.05) is 0 Å². The minimum absolute atomic E-state index is 0.00567. The van der Waals surface area contributed by atoms with Crippen LogP contribution in [0.1, 0.15) is 24.8 Å². The lowest BCUT2D eigenvalue weighted by Crippen LogP contribution is -2.69. The predicted molar refractivity (Wildman–Crippen MR) is 107 cm³/mol. The molecule has 2 saturated heterocycles. The number of hydrogen-bond acceptors (Lipinski definition) is 5. The summed E-state index contributed by atoms with van der Waals surface area (Å²) in [7, 11) is 1.57. The Bertz CT molecular complexity index is 997. The Hall–Kier alpha value is -3.00. The molecule has 3 aliphatic rings. The molecular formula is C22H23FN4O3. The van der Waals surface area contributed by atoms with Gasteiger partial charge in [0.05, 0.1) is 18.6 Å². The zero-order valence-corrected chi connectivity index (χ0v) is 16.6. The summed E-state index contributed by atoms with van der Waals surface area (Å²) in [6.45, 7) is 0.121. The third kappa shape index (κ3) is 3.11. The number of nitrogens with zero attached hydrogens (tertiary/aromatic N) is 2. The molecule has 8 heteroatoms. The lowest BCUT2D eigenvalue weighted by atomic mass is 9.71. The van der Waals surface area contributed by atoms with Crippen molar-refractivity contribution in [3.63, 3.8) is 0 Å². The van der Waals surface area contributed by atoms with Crippen molar-refractivity contribution in [3.05, 3.63) is 54.1 Å². The summed E-state index contributed by atoms with van der Waals surface area (Å²) < 4.78 is 27.1. The normalized spacial score (nSPS) is 28.7. The SMILES string of the molecule is CN1C(=N)N[C@@]2(c3cc(Oc4ccncc4)ccc3F)CO[C@@H](C3CC3)C[C@H]2C1=O. The number of guanidine groups is 1. The average molecular weight is 410 g/mol. The van der Waals surface area contributed by atoms with Crippen molar-refractivity contribution in [2.75, 3.05) is 13.7 Å². The fourth-order valence-electron chi connectivity index (χ4n) is 4.50. The van der Waals surface area contributed by atoms with Crippen molar-refractivity contribution >= 4 is 11.9 Å². The summed E-state index contributed by atoms with van der Waals surface area (Å²) in [5, 5.41) is 11.3. The molecule has 1 aliphatic carbocycles. The second-order valence-corrected chi connectivity index (χ2v) is 8.24. The van der Waals surface area contributed by atoms with Crippen molar-refractivity contribution in [2.24, 2.45) is 11.8 Å². The highest BCUT2D eigenvalue weighted by molar-refractivity contribution is 6.00. The summed E-state index contributed by atoms with van der Waals surface area (Å²) in [5.41, 5.74) is -0.868. The standard InChI is InChI=1S/C22H23FN4O3/c1-27-20(28)17-11-19(13-2-3-13)29-12-22(17,26-21(27)24)16-10-15(4-5-18(16)23)30-14-6-8-25-9-7-14/h4-10,13,17,19H,2-3,11-12H2,1H3,(H2,24,26)/t17-,19+,22+/m0/s1. The van der Waals surface area contributed by atoms with E-state index in [2.05, 4.69) is 10.3 Å². The topological polar surface area (TPSA) is 87.5 Å². The minimum atomic E-state index is -1.15. The fraction of sp³-hybridized carbons (Fsp3) is 0.409. The van der Waals surface area contributed by atoms with Gasteiger partial charge in [-0.25, -0.2) is 4.39 Å². The highest BCUT2D eigenvalue weighted by atomic mass is 19.1. The Morgan fingerprint density at radius 1 is 1.27 bits per heavy atom. The largest absolute Gasteiger partial charge is 0.457 e. The van der Waals surface area contributed by atoms with E-state index < -0.39 is 17.3 Å². The summed E-state index contributed by atoms with van der Waals surface area (Å²) in [4.78, 5) is 18.4. The van der Waals surface area contributed by atoms with Crippen LogP contribution in [0.4, 0.5) is 4.39 Å². The second-order valence-electron chi connectivity index (χ2n) is 8.24. The van der Waals surface area contributed by atoms with E-state index in [1.807, 2.05) is 0 Å². The molecule has 7 nitrogen and oxygen atoms in total. The zero-order chi connectivity index (χ0) is 20.9. The lowest BCUT2D eigenvalue weighted by molar-refractivity contribution is -0.150. The van der Waals surface area contributed by atoms with Gasteiger partial charge in [-0.2, -0.15) is 0 Å². The summed E-state index contributed by atoms with van der Waals surface area (Å²) in [6.07, 6.45) is 5.92. The molecule has 30 heavy (non-hydrogen) atoms. The van der Waals surface area contributed by atoms with Crippen molar-refractivity contribution in [3.8, 4) is 11.5 Å². The molecule has 0 bridgehead atoms. The highest BCUT2D eigenvalue weighted by Crippen LogP contribution is 2.48. The maximum absolute atomic E-state index is 15.1. The Morgan fingerprint density at radius 3 is 2.77 bits per heavy atom. The molecule has 0 unspecified atom stereocenters. The number of rotatable bonds is 4. The molecule has 3 atom stereocenters. The molecule has 5 rings (SSSR count). The Kier molecular flexibility index (Phi) is 4.47. The molecule has 156 valence electrons. The number of carbonyl (C=O) groups excluding carboxylic acids is 1. The number of nitrogens with one attached hydrogen (secondary N) is 2. The number of carbonyl (C=O) groups is 1. The van der Waals surface area contributed by atoms with Crippen LogP contribution in [-0.2, 0) is 15.1 Å². The van der Waals surface area contributed by atoms with Crippen molar-refractivity contribution < 1.29 is 18.7 Å². The van der Waals surface area contributed by atoms with Crippen molar-refractivity contribution in [1.82, 2.24) is 15.2 Å². The number of hydrogen-bond donors (Lipinski definition) is 2. The first kappa shape index (κ1) is 19.0. The molecule has 3 fully saturated rings. The maximum atomic E-state index is 15.1. The smallest absolute Gasteiger partial charge is 0.235 e. The van der Waals surface area contributed by atoms with Crippen LogP contribution in [0.2, 0.25) is 0 Å². The van der Waals surface area contributed by atoms with E-state index in [-0.39, 0.29) is 30.1 Å². The second kappa shape index (κ2) is 7.05. The minimum Gasteiger partial charge on any atom is -0.457 e. The van der Waals surface area contributed by atoms with Crippen LogP contribution in [0.15, 0.2) is 42.7 Å². The lowest BCUT2D eigenvalue weighted by Gasteiger charge is -2.51. The average Bonchev–Trinajstić information content (AvgIpc) is 3.59. The molecule has 1 amide bonds. The molecule has 2 N–H and O–H groups in total. The summed E-state index contributed by atoms with van der Waals surface area (Å²) in [6, 6.07) is 7.90. The third-order valence-electron chi connectivity index (χ3n) is 6.35. The van der Waals surface area contributed by atoms with Gasteiger partial charge in [0.1, 0.15) is 22.9 Å². The number of halogens is 1. The van der Waals surface area contributed by atoms with Gasteiger partial charge in [0, 0.05) is 25.0 Å². The Balaban J connectivity index is 1.54. The van der Waals surface area contributed by atoms with Crippen LogP contribution < -0.4 is 10.1 Å². The van der Waals surface area contributed by atoms with Crippen molar-refractivity contribution in [2.45, 2.75) is 30.9 Å². The van der Waals surface area contributed by atoms with Gasteiger partial charge >= 0.3 is 0 Å². The Labute approximate surface area is 173 Å². The first-order valence-corrected chi connectivity index (χ1v) is 10.1. The van der Waals surface area contributed by atoms with Gasteiger partial charge in [-0.15, -0.1) is 0 Å². The van der Waals surface area contributed by atoms with E-state index in [9.17, 15) is 4.79 Å². The molecule has 1 aromatic carbocycles. The fourth-order valence-corrected chi connectivity index (χ4v) is 4.50. The monoisotopic (exact) mass is 410 g/mol. The van der Waals surface area contributed by atoms with Crippen molar-refractivity contribution in [1.29, 1.82) is 5.41 Å². The molecule has 2 aliphatic heterocycles. The molecule has 3 heterocycles. The maximum Gasteiger partial charge on any atom is 0.235 e. The van der Waals surface area contributed by atoms with E-state index in [0.29, 0.717) is 23.8 Å². The van der Waals surface area contributed by atoms with E-state index in [4.69, 9.17) is 14.9 Å². The van der Waals surface area contributed by atoms with Crippen LogP contribution in [0.25, 0.3) is 0 Å². The quantitative estimate of drug-likeness (QED) is 0.809. The molecule has 1 saturated carbocycles. The number of fused-ring (bicyclic) bond motifs is 1.